The van der Waals surface area contributed by atoms with Gasteiger partial charge in [0.2, 0.25) is 5.91 Å². The van der Waals surface area contributed by atoms with E-state index in [2.05, 4.69) is 10.1 Å². The van der Waals surface area contributed by atoms with Crippen molar-refractivity contribution >= 4 is 23.3 Å². The van der Waals surface area contributed by atoms with Crippen LogP contribution in [0.4, 0.5) is 11.4 Å². The molecule has 0 aliphatic rings. The van der Waals surface area contributed by atoms with Crippen molar-refractivity contribution in [2.45, 2.75) is 26.7 Å². The highest BCUT2D eigenvalue weighted by Crippen LogP contribution is 2.22. The number of methoxy groups -OCH3 is 1. The SMILES string of the molecule is CCC(CC)C(=O)Nc1cc(C(=O)OC)ccc1N. The van der Waals surface area contributed by atoms with Gasteiger partial charge in [0.1, 0.15) is 0 Å². The zero-order chi connectivity index (χ0) is 14.4. The van der Waals surface area contributed by atoms with Gasteiger partial charge in [0.05, 0.1) is 24.0 Å². The van der Waals surface area contributed by atoms with Crippen LogP contribution >= 0.6 is 0 Å². The molecular weight excluding hydrogens is 244 g/mol. The Balaban J connectivity index is 2.94. The molecule has 1 aromatic carbocycles. The number of carbonyl (C=O) groups excluding carboxylic acids is 2. The minimum atomic E-state index is -0.460. The molecule has 1 aromatic rings. The highest BCUT2D eigenvalue weighted by molar-refractivity contribution is 5.98. The molecule has 5 nitrogen and oxygen atoms in total. The number of amides is 1. The van der Waals surface area contributed by atoms with Crippen LogP contribution < -0.4 is 11.1 Å². The molecule has 1 amide bonds. The Morgan fingerprint density at radius 2 is 1.95 bits per heavy atom. The van der Waals surface area contributed by atoms with Crippen LogP contribution in [0.1, 0.15) is 37.0 Å². The lowest BCUT2D eigenvalue weighted by Crippen LogP contribution is -2.22. The second kappa shape index (κ2) is 6.78. The summed E-state index contributed by atoms with van der Waals surface area (Å²) < 4.78 is 4.63. The van der Waals surface area contributed by atoms with Gasteiger partial charge in [-0.3, -0.25) is 4.79 Å². The summed E-state index contributed by atoms with van der Waals surface area (Å²) in [5.74, 6) is -0.599. The zero-order valence-corrected chi connectivity index (χ0v) is 11.5. The van der Waals surface area contributed by atoms with E-state index in [1.807, 2.05) is 13.8 Å². The smallest absolute Gasteiger partial charge is 0.337 e. The van der Waals surface area contributed by atoms with E-state index in [-0.39, 0.29) is 11.8 Å². The van der Waals surface area contributed by atoms with Crippen molar-refractivity contribution in [2.24, 2.45) is 5.92 Å². The van der Waals surface area contributed by atoms with Crippen molar-refractivity contribution in [1.82, 2.24) is 0 Å². The number of hydrogen-bond donors (Lipinski definition) is 2. The Bertz CT molecular complexity index is 468. The number of nitrogen functional groups attached to an aromatic ring is 1. The van der Waals surface area contributed by atoms with Gasteiger partial charge in [0, 0.05) is 5.92 Å². The highest BCUT2D eigenvalue weighted by Gasteiger charge is 2.16. The van der Waals surface area contributed by atoms with Gasteiger partial charge in [-0.1, -0.05) is 13.8 Å². The molecule has 0 bridgehead atoms. The van der Waals surface area contributed by atoms with E-state index in [0.29, 0.717) is 16.9 Å². The van der Waals surface area contributed by atoms with Crippen molar-refractivity contribution in [3.05, 3.63) is 23.8 Å². The molecule has 0 unspecified atom stereocenters. The summed E-state index contributed by atoms with van der Waals surface area (Å²) in [7, 11) is 1.31. The molecule has 0 aromatic heterocycles. The standard InChI is InChI=1S/C14H20N2O3/c1-4-9(5-2)13(17)16-12-8-10(14(18)19-3)6-7-11(12)15/h6-9H,4-5,15H2,1-3H3,(H,16,17). The molecule has 0 spiro atoms. The average Bonchev–Trinajstić information content (AvgIpc) is 2.41. The quantitative estimate of drug-likeness (QED) is 0.632. The normalized spacial score (nSPS) is 10.3. The molecule has 0 radical (unpaired) electrons. The van der Waals surface area contributed by atoms with Crippen LogP contribution in [0.25, 0.3) is 0 Å². The molecule has 0 aliphatic carbocycles. The first-order valence-electron chi connectivity index (χ1n) is 6.32. The first-order valence-corrected chi connectivity index (χ1v) is 6.32. The lowest BCUT2D eigenvalue weighted by molar-refractivity contribution is -0.120. The lowest BCUT2D eigenvalue weighted by atomic mass is 10.0. The molecule has 0 saturated carbocycles. The minimum Gasteiger partial charge on any atom is -0.465 e. The van der Waals surface area contributed by atoms with Crippen LogP contribution in [0.3, 0.4) is 0 Å². The molecule has 1 rings (SSSR count). The highest BCUT2D eigenvalue weighted by atomic mass is 16.5. The maximum Gasteiger partial charge on any atom is 0.337 e. The molecule has 0 atom stereocenters. The molecule has 0 aliphatic heterocycles. The van der Waals surface area contributed by atoms with Gasteiger partial charge < -0.3 is 15.8 Å². The second-order valence-electron chi connectivity index (χ2n) is 4.30. The monoisotopic (exact) mass is 264 g/mol. The largest absolute Gasteiger partial charge is 0.465 e. The third kappa shape index (κ3) is 3.71. The Hall–Kier alpha value is -2.04. The Kier molecular flexibility index (Phi) is 5.36. The number of nitrogens with two attached hydrogens (primary N) is 1. The van der Waals surface area contributed by atoms with Gasteiger partial charge in [-0.05, 0) is 31.0 Å². The topological polar surface area (TPSA) is 81.4 Å². The predicted molar refractivity (Wildman–Crippen MR) is 74.9 cm³/mol. The summed E-state index contributed by atoms with van der Waals surface area (Å²) in [5.41, 5.74) is 7.02. The third-order valence-electron chi connectivity index (χ3n) is 3.09. The van der Waals surface area contributed by atoms with Gasteiger partial charge in [-0.2, -0.15) is 0 Å². The average molecular weight is 264 g/mol. The molecular formula is C14H20N2O3. The van der Waals surface area contributed by atoms with Crippen LogP contribution in [0.15, 0.2) is 18.2 Å². The van der Waals surface area contributed by atoms with Crippen LogP contribution in [0.5, 0.6) is 0 Å². The van der Waals surface area contributed by atoms with Crippen molar-refractivity contribution in [2.75, 3.05) is 18.2 Å². The molecule has 0 saturated heterocycles. The number of nitrogens with one attached hydrogen (secondary N) is 1. The van der Waals surface area contributed by atoms with Crippen molar-refractivity contribution in [3.8, 4) is 0 Å². The number of rotatable bonds is 5. The Morgan fingerprint density at radius 3 is 2.47 bits per heavy atom. The van der Waals surface area contributed by atoms with E-state index in [1.165, 1.54) is 13.2 Å². The van der Waals surface area contributed by atoms with Crippen molar-refractivity contribution in [3.63, 3.8) is 0 Å². The Labute approximate surface area is 113 Å². The van der Waals surface area contributed by atoms with Gasteiger partial charge in [-0.15, -0.1) is 0 Å². The van der Waals surface area contributed by atoms with Gasteiger partial charge in [-0.25, -0.2) is 4.79 Å². The van der Waals surface area contributed by atoms with E-state index in [4.69, 9.17) is 5.73 Å². The van der Waals surface area contributed by atoms with Gasteiger partial charge >= 0.3 is 5.97 Å². The summed E-state index contributed by atoms with van der Waals surface area (Å²) in [4.78, 5) is 23.4. The summed E-state index contributed by atoms with van der Waals surface area (Å²) in [6.45, 7) is 3.92. The van der Waals surface area contributed by atoms with E-state index < -0.39 is 5.97 Å². The van der Waals surface area contributed by atoms with E-state index in [1.54, 1.807) is 12.1 Å². The maximum atomic E-state index is 12.0. The number of hydrogen-bond acceptors (Lipinski definition) is 4. The molecule has 0 heterocycles. The van der Waals surface area contributed by atoms with Gasteiger partial charge in [0.15, 0.2) is 0 Å². The first-order chi connectivity index (χ1) is 9.03. The number of esters is 1. The first kappa shape index (κ1) is 15.0. The Morgan fingerprint density at radius 1 is 1.32 bits per heavy atom. The van der Waals surface area contributed by atoms with Crippen LogP contribution in [0.2, 0.25) is 0 Å². The van der Waals surface area contributed by atoms with Crippen molar-refractivity contribution in [1.29, 1.82) is 0 Å². The van der Waals surface area contributed by atoms with Crippen LogP contribution in [0, 0.1) is 5.92 Å². The number of carbonyl (C=O) groups is 2. The molecule has 5 heteroatoms. The fraction of sp³-hybridized carbons (Fsp3) is 0.429. The fourth-order valence-electron chi connectivity index (χ4n) is 1.80. The van der Waals surface area contributed by atoms with E-state index in [9.17, 15) is 9.59 Å². The number of anilines is 2. The number of benzene rings is 1. The molecule has 3 N–H and O–H groups in total. The van der Waals surface area contributed by atoms with Gasteiger partial charge in [0.25, 0.3) is 0 Å². The van der Waals surface area contributed by atoms with E-state index in [0.717, 1.165) is 12.8 Å². The summed E-state index contributed by atoms with van der Waals surface area (Å²) in [5, 5.41) is 2.76. The summed E-state index contributed by atoms with van der Waals surface area (Å²) in [6.07, 6.45) is 1.53. The second-order valence-corrected chi connectivity index (χ2v) is 4.30. The maximum absolute atomic E-state index is 12.0. The summed E-state index contributed by atoms with van der Waals surface area (Å²) in [6, 6.07) is 4.67. The third-order valence-corrected chi connectivity index (χ3v) is 3.09. The van der Waals surface area contributed by atoms with Crippen molar-refractivity contribution < 1.29 is 14.3 Å². The summed E-state index contributed by atoms with van der Waals surface area (Å²) >= 11 is 0. The van der Waals surface area contributed by atoms with Crippen LogP contribution in [-0.2, 0) is 9.53 Å². The zero-order valence-electron chi connectivity index (χ0n) is 11.5. The molecule has 104 valence electrons. The minimum absolute atomic E-state index is 0.0545. The van der Waals surface area contributed by atoms with Crippen LogP contribution in [-0.4, -0.2) is 19.0 Å². The molecule has 0 fully saturated rings. The lowest BCUT2D eigenvalue weighted by Gasteiger charge is -2.14. The number of ether oxygens (including phenoxy) is 1. The predicted octanol–water partition coefficient (Wildman–Crippen LogP) is 2.43. The van der Waals surface area contributed by atoms with E-state index >= 15 is 0 Å². The fourth-order valence-corrected chi connectivity index (χ4v) is 1.80. The molecule has 19 heavy (non-hydrogen) atoms.